The number of hydrogen-bond donors (Lipinski definition) is 1. The monoisotopic (exact) mass is 232 g/mol. The van der Waals surface area contributed by atoms with Crippen LogP contribution in [0.3, 0.4) is 0 Å². The number of aromatic nitrogens is 1. The summed E-state index contributed by atoms with van der Waals surface area (Å²) in [7, 11) is -0.728. The van der Waals surface area contributed by atoms with E-state index < -0.39 is 10.8 Å². The van der Waals surface area contributed by atoms with Gasteiger partial charge in [0.25, 0.3) is 0 Å². The van der Waals surface area contributed by atoms with Crippen LogP contribution in [0.25, 0.3) is 0 Å². The summed E-state index contributed by atoms with van der Waals surface area (Å²) in [4.78, 5) is 3.87. The van der Waals surface area contributed by atoms with Crippen molar-refractivity contribution >= 4 is 28.1 Å². The fourth-order valence-corrected chi connectivity index (χ4v) is 1.77. The predicted molar refractivity (Wildman–Crippen MR) is 61.3 cm³/mol. The SMILES string of the molecule is CCS(=O)CCNc1ccncc1Cl. The average Bonchev–Trinajstić information content (AvgIpc) is 2.20. The Morgan fingerprint density at radius 2 is 2.43 bits per heavy atom. The summed E-state index contributed by atoms with van der Waals surface area (Å²) in [6.45, 7) is 2.58. The molecule has 0 bridgehead atoms. The van der Waals surface area contributed by atoms with E-state index in [0.717, 1.165) is 5.69 Å². The fourth-order valence-electron chi connectivity index (χ4n) is 0.962. The zero-order valence-corrected chi connectivity index (χ0v) is 9.57. The first-order valence-corrected chi connectivity index (χ1v) is 6.29. The minimum Gasteiger partial charge on any atom is -0.383 e. The summed E-state index contributed by atoms with van der Waals surface area (Å²) in [5.41, 5.74) is 0.842. The van der Waals surface area contributed by atoms with Crippen molar-refractivity contribution in [3.8, 4) is 0 Å². The molecule has 14 heavy (non-hydrogen) atoms. The van der Waals surface area contributed by atoms with Crippen molar-refractivity contribution in [1.82, 2.24) is 4.98 Å². The first kappa shape index (κ1) is 11.5. The number of nitrogens with zero attached hydrogens (tertiary/aromatic N) is 1. The smallest absolute Gasteiger partial charge is 0.0820 e. The molecule has 0 radical (unpaired) electrons. The molecule has 78 valence electrons. The second-order valence-electron chi connectivity index (χ2n) is 2.71. The highest BCUT2D eigenvalue weighted by atomic mass is 35.5. The lowest BCUT2D eigenvalue weighted by atomic mass is 10.4. The zero-order chi connectivity index (χ0) is 10.4. The molecule has 0 aliphatic rings. The Bertz CT molecular complexity index is 319. The maximum absolute atomic E-state index is 11.1. The number of anilines is 1. The molecule has 5 heteroatoms. The molecule has 1 N–H and O–H groups in total. The third kappa shape index (κ3) is 3.64. The Morgan fingerprint density at radius 3 is 3.07 bits per heavy atom. The van der Waals surface area contributed by atoms with Crippen LogP contribution in [0.5, 0.6) is 0 Å². The Hall–Kier alpha value is -0.610. The molecule has 0 aromatic carbocycles. The van der Waals surface area contributed by atoms with Crippen LogP contribution in [-0.2, 0) is 10.8 Å². The van der Waals surface area contributed by atoms with Crippen molar-refractivity contribution in [3.05, 3.63) is 23.5 Å². The van der Waals surface area contributed by atoms with Crippen molar-refractivity contribution in [2.45, 2.75) is 6.92 Å². The molecule has 0 saturated heterocycles. The van der Waals surface area contributed by atoms with Gasteiger partial charge in [-0.05, 0) is 6.07 Å². The van der Waals surface area contributed by atoms with Gasteiger partial charge < -0.3 is 5.32 Å². The summed E-state index contributed by atoms with van der Waals surface area (Å²) in [6, 6.07) is 1.80. The molecule has 1 atom stereocenters. The Labute approximate surface area is 91.3 Å². The second-order valence-corrected chi connectivity index (χ2v) is 4.99. The van der Waals surface area contributed by atoms with E-state index in [4.69, 9.17) is 11.6 Å². The van der Waals surface area contributed by atoms with Gasteiger partial charge in [0.1, 0.15) is 0 Å². The van der Waals surface area contributed by atoms with Gasteiger partial charge in [-0.3, -0.25) is 9.19 Å². The van der Waals surface area contributed by atoms with E-state index in [9.17, 15) is 4.21 Å². The quantitative estimate of drug-likeness (QED) is 0.844. The van der Waals surface area contributed by atoms with Gasteiger partial charge in [0.2, 0.25) is 0 Å². The lowest BCUT2D eigenvalue weighted by Crippen LogP contribution is -2.12. The van der Waals surface area contributed by atoms with E-state index in [2.05, 4.69) is 10.3 Å². The van der Waals surface area contributed by atoms with E-state index in [1.54, 1.807) is 18.5 Å². The summed E-state index contributed by atoms with van der Waals surface area (Å²) in [5, 5.41) is 3.71. The molecular weight excluding hydrogens is 220 g/mol. The second kappa shape index (κ2) is 5.98. The minimum absolute atomic E-state index is 0.592. The van der Waals surface area contributed by atoms with Crippen LogP contribution in [0.2, 0.25) is 5.02 Å². The number of rotatable bonds is 5. The summed E-state index contributed by atoms with van der Waals surface area (Å²) >= 11 is 5.87. The predicted octanol–water partition coefficient (Wildman–Crippen LogP) is 1.92. The van der Waals surface area contributed by atoms with Crippen molar-refractivity contribution in [3.63, 3.8) is 0 Å². The molecule has 1 aromatic heterocycles. The standard InChI is InChI=1S/C9H13ClN2OS/c1-2-14(13)6-5-12-9-3-4-11-7-8(9)10/h3-4,7H,2,5-6H2,1H3,(H,11,12). The molecule has 1 heterocycles. The lowest BCUT2D eigenvalue weighted by molar-refractivity contribution is 0.684. The molecule has 1 unspecified atom stereocenters. The number of nitrogens with one attached hydrogen (secondary N) is 1. The van der Waals surface area contributed by atoms with Gasteiger partial charge in [-0.15, -0.1) is 0 Å². The maximum Gasteiger partial charge on any atom is 0.0820 e. The van der Waals surface area contributed by atoms with Crippen molar-refractivity contribution in [2.24, 2.45) is 0 Å². The van der Waals surface area contributed by atoms with Gasteiger partial charge in [0.15, 0.2) is 0 Å². The van der Waals surface area contributed by atoms with E-state index in [1.165, 1.54) is 0 Å². The van der Waals surface area contributed by atoms with Crippen LogP contribution < -0.4 is 5.32 Å². The third-order valence-electron chi connectivity index (χ3n) is 1.74. The van der Waals surface area contributed by atoms with E-state index in [-0.39, 0.29) is 0 Å². The van der Waals surface area contributed by atoms with Crippen LogP contribution in [-0.4, -0.2) is 27.2 Å². The van der Waals surface area contributed by atoms with Gasteiger partial charge in [-0.2, -0.15) is 0 Å². The van der Waals surface area contributed by atoms with Crippen molar-refractivity contribution in [1.29, 1.82) is 0 Å². The van der Waals surface area contributed by atoms with Gasteiger partial charge in [-0.1, -0.05) is 18.5 Å². The third-order valence-corrected chi connectivity index (χ3v) is 3.34. The Kier molecular flexibility index (Phi) is 4.90. The minimum atomic E-state index is -0.728. The van der Waals surface area contributed by atoms with Gasteiger partial charge in [0.05, 0.1) is 10.7 Å². The number of hydrogen-bond acceptors (Lipinski definition) is 3. The molecule has 0 saturated carbocycles. The normalized spacial score (nSPS) is 12.4. The lowest BCUT2D eigenvalue weighted by Gasteiger charge is -2.06. The first-order chi connectivity index (χ1) is 6.74. The average molecular weight is 233 g/mol. The molecule has 1 aromatic rings. The Morgan fingerprint density at radius 1 is 1.64 bits per heavy atom. The number of halogens is 1. The largest absolute Gasteiger partial charge is 0.383 e. The van der Waals surface area contributed by atoms with Crippen LogP contribution in [0.15, 0.2) is 18.5 Å². The fraction of sp³-hybridized carbons (Fsp3) is 0.444. The maximum atomic E-state index is 11.1. The first-order valence-electron chi connectivity index (χ1n) is 4.42. The van der Waals surface area contributed by atoms with Gasteiger partial charge in [-0.25, -0.2) is 0 Å². The van der Waals surface area contributed by atoms with E-state index >= 15 is 0 Å². The van der Waals surface area contributed by atoms with Gasteiger partial charge >= 0.3 is 0 Å². The molecule has 0 amide bonds. The molecule has 0 spiro atoms. The number of pyridine rings is 1. The van der Waals surface area contributed by atoms with Crippen molar-refractivity contribution in [2.75, 3.05) is 23.4 Å². The van der Waals surface area contributed by atoms with Crippen LogP contribution in [0.4, 0.5) is 5.69 Å². The molecular formula is C9H13ClN2OS. The summed E-state index contributed by atoms with van der Waals surface area (Å²) in [5.74, 6) is 1.35. The van der Waals surface area contributed by atoms with E-state index in [1.807, 2.05) is 6.92 Å². The molecule has 3 nitrogen and oxygen atoms in total. The highest BCUT2D eigenvalue weighted by molar-refractivity contribution is 7.84. The van der Waals surface area contributed by atoms with Crippen molar-refractivity contribution < 1.29 is 4.21 Å². The zero-order valence-electron chi connectivity index (χ0n) is 8.00. The molecule has 1 rings (SSSR count). The summed E-state index contributed by atoms with van der Waals surface area (Å²) in [6.07, 6.45) is 3.26. The van der Waals surface area contributed by atoms with Crippen LogP contribution in [0, 0.1) is 0 Å². The molecule has 0 aliphatic carbocycles. The summed E-state index contributed by atoms with van der Waals surface area (Å²) < 4.78 is 11.1. The topological polar surface area (TPSA) is 42.0 Å². The highest BCUT2D eigenvalue weighted by Crippen LogP contribution is 2.18. The van der Waals surface area contributed by atoms with E-state index in [0.29, 0.717) is 23.1 Å². The highest BCUT2D eigenvalue weighted by Gasteiger charge is 1.99. The van der Waals surface area contributed by atoms with Gasteiger partial charge in [0, 0.05) is 41.2 Å². The Balaban J connectivity index is 2.39. The van der Waals surface area contributed by atoms with Crippen LogP contribution in [0.1, 0.15) is 6.92 Å². The molecule has 0 fully saturated rings. The van der Waals surface area contributed by atoms with Crippen LogP contribution >= 0.6 is 11.6 Å². The molecule has 0 aliphatic heterocycles.